The van der Waals surface area contributed by atoms with Crippen molar-refractivity contribution in [1.82, 2.24) is 4.90 Å². The lowest BCUT2D eigenvalue weighted by Crippen LogP contribution is -2.43. The first-order chi connectivity index (χ1) is 10.4. The molecule has 1 unspecified atom stereocenters. The Morgan fingerprint density at radius 3 is 2.73 bits per heavy atom. The molecule has 0 bridgehead atoms. The van der Waals surface area contributed by atoms with E-state index in [0.29, 0.717) is 11.3 Å². The van der Waals surface area contributed by atoms with E-state index in [-0.39, 0.29) is 25.5 Å². The molecule has 1 aromatic rings. The van der Waals surface area contributed by atoms with Gasteiger partial charge < -0.3 is 19.5 Å². The van der Waals surface area contributed by atoms with Crippen LogP contribution in [0.5, 0.6) is 5.75 Å². The second-order valence-electron chi connectivity index (χ2n) is 5.85. The second-order valence-corrected chi connectivity index (χ2v) is 5.85. The van der Waals surface area contributed by atoms with Crippen molar-refractivity contribution >= 4 is 11.9 Å². The molecule has 1 aliphatic heterocycles. The Balaban J connectivity index is 2.34. The van der Waals surface area contributed by atoms with Gasteiger partial charge in [0.05, 0.1) is 18.6 Å². The number of aliphatic carboxylic acids is 1. The Labute approximate surface area is 129 Å². The number of carboxylic acids is 1. The molecule has 0 fully saturated rings. The summed E-state index contributed by atoms with van der Waals surface area (Å²) in [4.78, 5) is 25.7. The third kappa shape index (κ3) is 3.39. The van der Waals surface area contributed by atoms with E-state index in [1.54, 1.807) is 38.1 Å². The molecular formula is C16H21NO5. The fourth-order valence-corrected chi connectivity index (χ4v) is 2.46. The van der Waals surface area contributed by atoms with Gasteiger partial charge in [-0.15, -0.1) is 0 Å². The maximum absolute atomic E-state index is 12.6. The molecule has 2 rings (SSSR count). The molecule has 0 aliphatic carbocycles. The summed E-state index contributed by atoms with van der Waals surface area (Å²) in [5.74, 6) is -0.822. The summed E-state index contributed by atoms with van der Waals surface area (Å²) in [5.41, 5.74) is -0.150. The summed E-state index contributed by atoms with van der Waals surface area (Å²) >= 11 is 0. The lowest BCUT2D eigenvalue weighted by atomic mass is 10.0. The summed E-state index contributed by atoms with van der Waals surface area (Å²) in [6.45, 7) is 4.08. The highest BCUT2D eigenvalue weighted by atomic mass is 16.5. The van der Waals surface area contributed by atoms with Crippen LogP contribution in [0.2, 0.25) is 0 Å². The van der Waals surface area contributed by atoms with E-state index in [4.69, 9.17) is 9.47 Å². The topological polar surface area (TPSA) is 76.1 Å². The number of carboxylic acid groups (broad SMARTS) is 1. The smallest absolute Gasteiger partial charge is 0.331 e. The molecule has 120 valence electrons. The van der Waals surface area contributed by atoms with Gasteiger partial charge in [0.2, 0.25) is 5.91 Å². The highest BCUT2D eigenvalue weighted by Gasteiger charge is 2.37. The Morgan fingerprint density at radius 2 is 2.09 bits per heavy atom. The highest BCUT2D eigenvalue weighted by Crippen LogP contribution is 2.33. The standard InChI is InChI=1S/C16H21NO5/c1-16(2,21-3)10-13(18)17-8-9-22-12-7-5-4-6-11(12)14(17)15(19)20/h4-7,14H,8-10H2,1-3H3,(H,19,20). The molecule has 0 saturated carbocycles. The zero-order valence-electron chi connectivity index (χ0n) is 13.0. The average Bonchev–Trinajstić information content (AvgIpc) is 2.66. The Morgan fingerprint density at radius 1 is 1.41 bits per heavy atom. The van der Waals surface area contributed by atoms with Gasteiger partial charge in [-0.2, -0.15) is 0 Å². The maximum atomic E-state index is 12.6. The zero-order valence-corrected chi connectivity index (χ0v) is 13.0. The van der Waals surface area contributed by atoms with Crippen molar-refractivity contribution in [1.29, 1.82) is 0 Å². The Kier molecular flexibility index (Phi) is 4.71. The number of hydrogen-bond acceptors (Lipinski definition) is 4. The van der Waals surface area contributed by atoms with E-state index in [1.807, 2.05) is 0 Å². The largest absolute Gasteiger partial charge is 0.491 e. The first kappa shape index (κ1) is 16.3. The number of fused-ring (bicyclic) bond motifs is 1. The summed E-state index contributed by atoms with van der Waals surface area (Å²) < 4.78 is 10.8. The predicted octanol–water partition coefficient (Wildman–Crippen LogP) is 1.85. The van der Waals surface area contributed by atoms with Gasteiger partial charge in [-0.1, -0.05) is 18.2 Å². The van der Waals surface area contributed by atoms with Gasteiger partial charge in [-0.25, -0.2) is 4.79 Å². The van der Waals surface area contributed by atoms with Crippen LogP contribution >= 0.6 is 0 Å². The highest BCUT2D eigenvalue weighted by molar-refractivity contribution is 5.86. The van der Waals surface area contributed by atoms with Crippen molar-refractivity contribution in [3.8, 4) is 5.75 Å². The third-order valence-electron chi connectivity index (χ3n) is 3.80. The van der Waals surface area contributed by atoms with Gasteiger partial charge in [0.1, 0.15) is 12.4 Å². The van der Waals surface area contributed by atoms with Crippen molar-refractivity contribution in [3.05, 3.63) is 29.8 Å². The minimum atomic E-state index is -1.07. The first-order valence-electron chi connectivity index (χ1n) is 7.15. The Bertz CT molecular complexity index is 569. The molecule has 0 spiro atoms. The molecule has 1 amide bonds. The van der Waals surface area contributed by atoms with Gasteiger partial charge in [-0.05, 0) is 19.9 Å². The van der Waals surface area contributed by atoms with Crippen LogP contribution in [0.1, 0.15) is 31.9 Å². The van der Waals surface area contributed by atoms with E-state index >= 15 is 0 Å². The molecule has 6 heteroatoms. The molecule has 1 aliphatic rings. The number of rotatable bonds is 4. The van der Waals surface area contributed by atoms with Crippen LogP contribution in [0.3, 0.4) is 0 Å². The lowest BCUT2D eigenvalue weighted by Gasteiger charge is -2.30. The normalized spacial score (nSPS) is 18.1. The number of ether oxygens (including phenoxy) is 2. The van der Waals surface area contributed by atoms with Crippen LogP contribution in [0.4, 0.5) is 0 Å². The van der Waals surface area contributed by atoms with Crippen LogP contribution in [-0.2, 0) is 14.3 Å². The lowest BCUT2D eigenvalue weighted by molar-refractivity contribution is -0.152. The number of benzene rings is 1. The van der Waals surface area contributed by atoms with Crippen molar-refractivity contribution in [2.45, 2.75) is 31.9 Å². The van der Waals surface area contributed by atoms with E-state index in [2.05, 4.69) is 0 Å². The number of nitrogens with zero attached hydrogens (tertiary/aromatic N) is 1. The zero-order chi connectivity index (χ0) is 16.3. The summed E-state index contributed by atoms with van der Waals surface area (Å²) in [6, 6.07) is 5.88. The summed E-state index contributed by atoms with van der Waals surface area (Å²) in [6.07, 6.45) is 0.107. The fraction of sp³-hybridized carbons (Fsp3) is 0.500. The van der Waals surface area contributed by atoms with Crippen LogP contribution in [0.25, 0.3) is 0 Å². The Hall–Kier alpha value is -2.08. The molecule has 1 atom stereocenters. The van der Waals surface area contributed by atoms with Crippen LogP contribution in [0.15, 0.2) is 24.3 Å². The van der Waals surface area contributed by atoms with Crippen LogP contribution in [-0.4, -0.2) is 47.7 Å². The molecule has 6 nitrogen and oxygen atoms in total. The molecule has 0 aromatic heterocycles. The monoisotopic (exact) mass is 307 g/mol. The number of methoxy groups -OCH3 is 1. The van der Waals surface area contributed by atoms with Gasteiger partial charge in [0.25, 0.3) is 0 Å². The minimum absolute atomic E-state index is 0.107. The summed E-state index contributed by atoms with van der Waals surface area (Å²) in [5, 5.41) is 9.60. The van der Waals surface area contributed by atoms with Gasteiger partial charge in [0, 0.05) is 12.7 Å². The maximum Gasteiger partial charge on any atom is 0.331 e. The van der Waals surface area contributed by atoms with Gasteiger partial charge >= 0.3 is 5.97 Å². The molecule has 1 heterocycles. The fourth-order valence-electron chi connectivity index (χ4n) is 2.46. The average molecular weight is 307 g/mol. The molecule has 0 saturated heterocycles. The van der Waals surface area contributed by atoms with Crippen molar-refractivity contribution in [2.24, 2.45) is 0 Å². The molecule has 22 heavy (non-hydrogen) atoms. The van der Waals surface area contributed by atoms with Crippen molar-refractivity contribution in [2.75, 3.05) is 20.3 Å². The van der Waals surface area contributed by atoms with Crippen LogP contribution in [0, 0.1) is 0 Å². The van der Waals surface area contributed by atoms with Crippen molar-refractivity contribution < 1.29 is 24.2 Å². The molecular weight excluding hydrogens is 286 g/mol. The second kappa shape index (κ2) is 6.36. The quantitative estimate of drug-likeness (QED) is 0.918. The summed E-state index contributed by atoms with van der Waals surface area (Å²) in [7, 11) is 1.53. The SMILES string of the molecule is COC(C)(C)CC(=O)N1CCOc2ccccc2C1C(=O)O. The number of carbonyl (C=O) groups excluding carboxylic acids is 1. The van der Waals surface area contributed by atoms with Crippen LogP contribution < -0.4 is 4.74 Å². The van der Waals surface area contributed by atoms with E-state index in [0.717, 1.165) is 0 Å². The molecule has 1 N–H and O–H groups in total. The number of carbonyl (C=O) groups is 2. The minimum Gasteiger partial charge on any atom is -0.491 e. The van der Waals surface area contributed by atoms with Gasteiger partial charge in [0.15, 0.2) is 6.04 Å². The molecule has 0 radical (unpaired) electrons. The van der Waals surface area contributed by atoms with Gasteiger partial charge in [-0.3, -0.25) is 4.79 Å². The van der Waals surface area contributed by atoms with Crippen molar-refractivity contribution in [3.63, 3.8) is 0 Å². The van der Waals surface area contributed by atoms with E-state index in [9.17, 15) is 14.7 Å². The molecule has 1 aromatic carbocycles. The first-order valence-corrected chi connectivity index (χ1v) is 7.15. The number of amides is 1. The predicted molar refractivity (Wildman–Crippen MR) is 79.7 cm³/mol. The third-order valence-corrected chi connectivity index (χ3v) is 3.80. The number of hydrogen-bond donors (Lipinski definition) is 1. The van der Waals surface area contributed by atoms with E-state index in [1.165, 1.54) is 12.0 Å². The van der Waals surface area contributed by atoms with E-state index < -0.39 is 17.6 Å². The number of para-hydroxylation sites is 1.